The minimum Gasteiger partial charge on any atom is -0.456 e. The second kappa shape index (κ2) is 28.3. The average Bonchev–Trinajstić information content (AvgIpc) is 0.640. The smallest absolute Gasteiger partial charge is 0.426 e. The van der Waals surface area contributed by atoms with E-state index < -0.39 is 349 Å². The van der Waals surface area contributed by atoms with Crippen LogP contribution in [0.15, 0.2) is 37.5 Å². The van der Waals surface area contributed by atoms with Crippen LogP contribution in [0, 0.1) is 49.2 Å². The Kier molecular flexibility index (Phi) is 24.0. The molecule has 0 aromatic heterocycles. The fourth-order valence-corrected chi connectivity index (χ4v) is 23.8. The number of aliphatic hydroxyl groups is 8. The third-order valence-corrected chi connectivity index (χ3v) is 26.4. The van der Waals surface area contributed by atoms with E-state index in [1.54, 1.807) is 0 Å². The number of hydrogen-bond donors (Lipinski definition) is 8. The molecule has 0 saturated heterocycles. The van der Waals surface area contributed by atoms with Crippen LogP contribution in [-0.4, -0.2) is 219 Å². The molecule has 2 atom stereocenters. The molecule has 8 N–H and O–H groups in total. The average molecular weight is 1960 g/mol. The summed E-state index contributed by atoms with van der Waals surface area (Å²) in [5.74, 6) is -7.56. The van der Waals surface area contributed by atoms with Gasteiger partial charge in [-0.1, -0.05) is 19.7 Å². The van der Waals surface area contributed by atoms with Crippen LogP contribution in [0.4, 0.5) is 211 Å². The Hall–Kier alpha value is -6.05. The summed E-state index contributed by atoms with van der Waals surface area (Å²) in [6.45, 7) is 9.14. The molecule has 0 heterocycles. The zero-order valence-corrected chi connectivity index (χ0v) is 61.3. The zero-order valence-electron chi connectivity index (χ0n) is 61.3. The Labute approximate surface area is 667 Å². The van der Waals surface area contributed by atoms with Gasteiger partial charge in [0.15, 0.2) is 0 Å². The van der Waals surface area contributed by atoms with E-state index in [0.717, 1.165) is 0 Å². The first-order chi connectivity index (χ1) is 54.6. The monoisotopic (exact) mass is 1960 g/mol. The molecule has 12 rings (SSSR count). The molecule has 0 radical (unpaired) electrons. The molecular weight excluding hydrogens is 1900 g/mol. The van der Waals surface area contributed by atoms with Crippen LogP contribution >= 0.6 is 0 Å². The summed E-state index contributed by atoms with van der Waals surface area (Å²) < 4.78 is 694. The first-order valence-corrected chi connectivity index (χ1v) is 34.1. The molecule has 0 aliphatic heterocycles. The summed E-state index contributed by atoms with van der Waals surface area (Å²) in [6.07, 6.45) is -155. The van der Waals surface area contributed by atoms with Crippen molar-refractivity contribution >= 4 is 17.9 Å². The maximum absolute atomic E-state index is 14.3. The lowest BCUT2D eigenvalue weighted by Crippen LogP contribution is -2.85. The summed E-state index contributed by atoms with van der Waals surface area (Å²) in [6, 6.07) is 0. The van der Waals surface area contributed by atoms with Gasteiger partial charge in [0.1, 0.15) is 16.8 Å². The third kappa shape index (κ3) is 14.1. The first kappa shape index (κ1) is 107. The lowest BCUT2D eigenvalue weighted by Gasteiger charge is -2.75. The molecule has 12 saturated carbocycles. The Morgan fingerprint density at radius 3 is 0.524 bits per heavy atom. The molecule has 62 heteroatoms. The molecule has 2 unspecified atom stereocenters. The van der Waals surface area contributed by atoms with E-state index in [4.69, 9.17) is 4.74 Å². The number of alkyl halides is 48. The Morgan fingerprint density at radius 1 is 0.238 bits per heavy atom. The molecule has 732 valence electrons. The molecule has 0 aromatic rings. The molecule has 126 heavy (non-hydrogen) atoms. The van der Waals surface area contributed by atoms with Gasteiger partial charge in [0.25, 0.3) is 44.8 Å². The number of rotatable bonds is 14. The van der Waals surface area contributed by atoms with E-state index in [0.29, 0.717) is 13.0 Å². The van der Waals surface area contributed by atoms with Crippen LogP contribution in [0.5, 0.6) is 0 Å². The van der Waals surface area contributed by atoms with Crippen molar-refractivity contribution in [1.29, 1.82) is 0 Å². The normalized spacial score (nSPS) is 32.5. The van der Waals surface area contributed by atoms with Gasteiger partial charge in [-0.15, -0.1) is 0 Å². The number of hydrogen-bond acceptors (Lipinski definition) is 14. The highest BCUT2D eigenvalue weighted by atomic mass is 19.5. The van der Waals surface area contributed by atoms with Crippen LogP contribution in [0.1, 0.15) is 122 Å². The van der Waals surface area contributed by atoms with Crippen molar-refractivity contribution in [2.24, 2.45) is 49.2 Å². The molecule has 12 aliphatic carbocycles. The van der Waals surface area contributed by atoms with Crippen LogP contribution in [-0.2, 0) is 28.6 Å². The maximum Gasteiger partial charge on any atom is 0.426 e. The SMILES string of the molecule is C=C(C)C(=O)OC12CC3(C(O)(C(F)(F)F)C(F)(F)F)CC(C(O)(C(F)(F)F)C(F)(F)F)(C1)CC(C(O)(C(F)(F)F)C(F)(F)F)(C2)C3.C=CC(=O)OC12CC3(C(O)(C(F)(F)F)C(F)(F)F)CC(C(O)(C(F)(F)F)C(F)(F)F)(C1)CC(C(O)(C(F)(F)F)C(F)(F)F)(C2)C3.C=CC(=O)OC12CC3CC(C(O)(C(F)(F)F)C(F)(F)F)(C1)CC(C(O)(C(F)(F)F)C(F)(F)F)(C3)C2. The van der Waals surface area contributed by atoms with E-state index in [2.05, 4.69) is 29.2 Å². The van der Waals surface area contributed by atoms with Crippen LogP contribution < -0.4 is 0 Å². The van der Waals surface area contributed by atoms with Gasteiger partial charge in [-0.2, -0.15) is 211 Å². The van der Waals surface area contributed by atoms with Crippen molar-refractivity contribution in [3.8, 4) is 0 Å². The van der Waals surface area contributed by atoms with E-state index >= 15 is 0 Å². The van der Waals surface area contributed by atoms with E-state index in [1.165, 1.54) is 0 Å². The van der Waals surface area contributed by atoms with E-state index in [1.807, 2.05) is 0 Å². The van der Waals surface area contributed by atoms with Crippen molar-refractivity contribution < 1.29 is 280 Å². The molecule has 0 amide bonds. The molecule has 14 nitrogen and oxygen atoms in total. The number of esters is 3. The Balaban J connectivity index is 0.000000262. The van der Waals surface area contributed by atoms with E-state index in [-0.39, 0.29) is 6.08 Å². The van der Waals surface area contributed by atoms with E-state index in [9.17, 15) is 266 Å². The third-order valence-electron chi connectivity index (χ3n) is 26.4. The zero-order chi connectivity index (χ0) is 99.7. The second-order valence-corrected chi connectivity index (χ2v) is 34.0. The lowest BCUT2D eigenvalue weighted by molar-refractivity contribution is -0.489. The molecule has 0 aromatic carbocycles. The van der Waals surface area contributed by atoms with Gasteiger partial charge in [-0.05, 0) is 128 Å². The number of carbonyl (C=O) groups excluding carboxylic acids is 3. The summed E-state index contributed by atoms with van der Waals surface area (Å²) in [5, 5.41) is 82.5. The predicted molar refractivity (Wildman–Crippen MR) is 304 cm³/mol. The van der Waals surface area contributed by atoms with Gasteiger partial charge >= 0.3 is 117 Å². The van der Waals surface area contributed by atoms with Gasteiger partial charge in [-0.25, -0.2) is 14.4 Å². The number of carbonyl (C=O) groups is 3. The van der Waals surface area contributed by atoms with Crippen molar-refractivity contribution in [2.75, 3.05) is 0 Å². The van der Waals surface area contributed by atoms with Crippen LogP contribution in [0.25, 0.3) is 0 Å². The lowest BCUT2D eigenvalue weighted by atomic mass is 9.30. The summed E-state index contributed by atoms with van der Waals surface area (Å²) in [7, 11) is 0. The minimum atomic E-state index is -7.33. The molecule has 12 fully saturated rings. The van der Waals surface area contributed by atoms with Crippen molar-refractivity contribution in [3.63, 3.8) is 0 Å². The van der Waals surface area contributed by atoms with Crippen LogP contribution in [0.3, 0.4) is 0 Å². The van der Waals surface area contributed by atoms with Crippen molar-refractivity contribution in [1.82, 2.24) is 0 Å². The number of ether oxygens (including phenoxy) is 3. The first-order valence-electron chi connectivity index (χ1n) is 34.1. The predicted octanol–water partition coefficient (Wildman–Crippen LogP) is 18.3. The Morgan fingerprint density at radius 2 is 0.373 bits per heavy atom. The summed E-state index contributed by atoms with van der Waals surface area (Å²) in [4.78, 5) is 36.3. The highest BCUT2D eigenvalue weighted by Gasteiger charge is 2.99. The maximum atomic E-state index is 14.3. The fraction of sp³-hybridized carbons (Fsp3) is 0.859. The molecule has 12 aliphatic rings. The summed E-state index contributed by atoms with van der Waals surface area (Å²) in [5.41, 5.74) is -101. The van der Waals surface area contributed by atoms with Gasteiger partial charge in [0.2, 0.25) is 0 Å². The van der Waals surface area contributed by atoms with Crippen LogP contribution in [0.2, 0.25) is 0 Å². The number of halogens is 48. The summed E-state index contributed by atoms with van der Waals surface area (Å²) >= 11 is 0. The second-order valence-electron chi connectivity index (χ2n) is 34.0. The Bertz CT molecular complexity index is 3770. The van der Waals surface area contributed by atoms with Crippen molar-refractivity contribution in [3.05, 3.63) is 37.5 Å². The van der Waals surface area contributed by atoms with Gasteiger partial charge in [0.05, 0.1) is 0 Å². The quantitative estimate of drug-likeness (QED) is 0.0349. The topological polar surface area (TPSA) is 241 Å². The molecule has 12 bridgehead atoms. The minimum absolute atomic E-state index is 0.0935. The largest absolute Gasteiger partial charge is 0.456 e. The van der Waals surface area contributed by atoms with Gasteiger partial charge < -0.3 is 55.1 Å². The standard InChI is InChI=1S/C23H20F18O5.C22H18F18O5.C19H18F12O4/c1-9(2)10(42)46-14-6-11(15(43,18(24,25)26)19(27,28)29)3-12(7-14,16(44,20(30,31)32)21(33,34)35)5-13(4-11,8-14)17(45,22(36,37)38)23(39,40)41;1-2-9(41)45-13-6-10(14(42,17(23,24)25)18(26,27)28)3-11(7-13,15(43,19(29,30)31)20(32,33)34)5-12(4-10,8-13)16(44,21(35,36)37)22(38,39)40;1-2-10(32)35-13-5-9-3-11(7-13,14(33,16(20,21)22)17(23,24)25)6-12(4-9,8-13)15(34,18(26,27)28)19(29,30)31/h43-45H,1,3-8H2,2H3;2,42-44H,1,3-8H2;2,9,33-34H,1,3-8H2. The van der Waals surface area contributed by atoms with Crippen molar-refractivity contribution in [2.45, 2.75) is 283 Å². The highest BCUT2D eigenvalue weighted by molar-refractivity contribution is 5.87. The molecule has 0 spiro atoms. The van der Waals surface area contributed by atoms with Gasteiger partial charge in [0, 0.05) is 61.0 Å². The van der Waals surface area contributed by atoms with Gasteiger partial charge in [-0.3, -0.25) is 0 Å². The fourth-order valence-electron chi connectivity index (χ4n) is 23.8. The molecular formula is C64H56F48O14. The highest BCUT2D eigenvalue weighted by Crippen LogP contribution is 2.88.